The Balaban J connectivity index is 2.02. The van der Waals surface area contributed by atoms with Gasteiger partial charge in [0.1, 0.15) is 0 Å². The number of aliphatic hydroxyl groups is 1. The standard InChI is InChI=1S/C14H22N2O/c1-11(14(17)9-15-2)16-8-7-12-5-3-4-6-13(12)10-16/h3-6,11,14-15,17H,7-10H2,1-2H3. The second-order valence-electron chi connectivity index (χ2n) is 4.85. The summed E-state index contributed by atoms with van der Waals surface area (Å²) < 4.78 is 0. The number of likely N-dealkylation sites (N-methyl/N-ethyl adjacent to an activating group) is 1. The van der Waals surface area contributed by atoms with E-state index in [2.05, 4.69) is 41.4 Å². The second kappa shape index (κ2) is 5.63. The van der Waals surface area contributed by atoms with Gasteiger partial charge < -0.3 is 10.4 Å². The molecule has 0 amide bonds. The molecule has 1 aliphatic heterocycles. The van der Waals surface area contributed by atoms with E-state index in [1.54, 1.807) is 0 Å². The Morgan fingerprint density at radius 3 is 2.76 bits per heavy atom. The van der Waals surface area contributed by atoms with E-state index in [0.717, 1.165) is 19.5 Å². The van der Waals surface area contributed by atoms with Crippen LogP contribution in [-0.4, -0.2) is 42.3 Å². The normalized spacial score (nSPS) is 19.7. The van der Waals surface area contributed by atoms with Crippen molar-refractivity contribution in [3.8, 4) is 0 Å². The zero-order chi connectivity index (χ0) is 12.3. The molecule has 3 heteroatoms. The van der Waals surface area contributed by atoms with Gasteiger partial charge in [0.05, 0.1) is 6.10 Å². The second-order valence-corrected chi connectivity index (χ2v) is 4.85. The molecule has 0 aromatic heterocycles. The Hall–Kier alpha value is -0.900. The highest BCUT2D eigenvalue weighted by Gasteiger charge is 2.24. The monoisotopic (exact) mass is 234 g/mol. The van der Waals surface area contributed by atoms with E-state index in [-0.39, 0.29) is 12.1 Å². The van der Waals surface area contributed by atoms with Crippen LogP contribution in [0.25, 0.3) is 0 Å². The fourth-order valence-corrected chi connectivity index (χ4v) is 2.49. The molecule has 0 radical (unpaired) electrons. The molecular formula is C14H22N2O. The molecule has 3 nitrogen and oxygen atoms in total. The summed E-state index contributed by atoms with van der Waals surface area (Å²) in [4.78, 5) is 2.37. The van der Waals surface area contributed by atoms with Crippen molar-refractivity contribution in [1.82, 2.24) is 10.2 Å². The lowest BCUT2D eigenvalue weighted by atomic mass is 9.98. The first-order valence-corrected chi connectivity index (χ1v) is 6.36. The fourth-order valence-electron chi connectivity index (χ4n) is 2.49. The molecule has 2 unspecified atom stereocenters. The SMILES string of the molecule is CNCC(O)C(C)N1CCc2ccccc2C1. The third-order valence-electron chi connectivity index (χ3n) is 3.71. The smallest absolute Gasteiger partial charge is 0.0816 e. The summed E-state index contributed by atoms with van der Waals surface area (Å²) >= 11 is 0. The van der Waals surface area contributed by atoms with Gasteiger partial charge >= 0.3 is 0 Å². The molecule has 1 heterocycles. The van der Waals surface area contributed by atoms with Crippen LogP contribution >= 0.6 is 0 Å². The summed E-state index contributed by atoms with van der Waals surface area (Å²) in [5.41, 5.74) is 2.86. The molecule has 0 spiro atoms. The van der Waals surface area contributed by atoms with Crippen LogP contribution in [-0.2, 0) is 13.0 Å². The maximum atomic E-state index is 10.0. The van der Waals surface area contributed by atoms with Crippen molar-refractivity contribution in [2.45, 2.75) is 32.0 Å². The number of fused-ring (bicyclic) bond motifs is 1. The molecule has 2 rings (SSSR count). The van der Waals surface area contributed by atoms with Gasteiger partial charge in [0.25, 0.3) is 0 Å². The molecule has 0 fully saturated rings. The first-order chi connectivity index (χ1) is 8.22. The number of aliphatic hydroxyl groups excluding tert-OH is 1. The van der Waals surface area contributed by atoms with Gasteiger partial charge in [-0.15, -0.1) is 0 Å². The van der Waals surface area contributed by atoms with Gasteiger partial charge in [0.15, 0.2) is 0 Å². The molecule has 0 bridgehead atoms. The number of rotatable bonds is 4. The number of hydrogen-bond donors (Lipinski definition) is 2. The molecule has 2 atom stereocenters. The first kappa shape index (κ1) is 12.6. The van der Waals surface area contributed by atoms with Crippen LogP contribution < -0.4 is 5.32 Å². The van der Waals surface area contributed by atoms with Crippen molar-refractivity contribution < 1.29 is 5.11 Å². The molecule has 1 aromatic carbocycles. The Bertz CT molecular complexity index is 367. The lowest BCUT2D eigenvalue weighted by Gasteiger charge is -2.36. The fraction of sp³-hybridized carbons (Fsp3) is 0.571. The highest BCUT2D eigenvalue weighted by Crippen LogP contribution is 2.21. The van der Waals surface area contributed by atoms with Crippen LogP contribution in [0.2, 0.25) is 0 Å². The van der Waals surface area contributed by atoms with Gasteiger partial charge in [-0.2, -0.15) is 0 Å². The summed E-state index contributed by atoms with van der Waals surface area (Å²) in [6.07, 6.45) is 0.789. The predicted octanol–water partition coefficient (Wildman–Crippen LogP) is 1.01. The first-order valence-electron chi connectivity index (χ1n) is 6.36. The van der Waals surface area contributed by atoms with Crippen LogP contribution in [0.3, 0.4) is 0 Å². The minimum absolute atomic E-state index is 0.204. The summed E-state index contributed by atoms with van der Waals surface area (Å²) in [5, 5.41) is 13.0. The molecular weight excluding hydrogens is 212 g/mol. The van der Waals surface area contributed by atoms with Crippen LogP contribution in [0.5, 0.6) is 0 Å². The van der Waals surface area contributed by atoms with Crippen LogP contribution in [0.4, 0.5) is 0 Å². The largest absolute Gasteiger partial charge is 0.390 e. The van der Waals surface area contributed by atoms with Crippen molar-refractivity contribution in [1.29, 1.82) is 0 Å². The van der Waals surface area contributed by atoms with Gasteiger partial charge in [-0.3, -0.25) is 4.90 Å². The third-order valence-corrected chi connectivity index (χ3v) is 3.71. The predicted molar refractivity (Wildman–Crippen MR) is 70.0 cm³/mol. The molecule has 1 aliphatic rings. The Kier molecular flexibility index (Phi) is 4.15. The van der Waals surface area contributed by atoms with Gasteiger partial charge in [-0.05, 0) is 31.5 Å². The third kappa shape index (κ3) is 2.86. The van der Waals surface area contributed by atoms with Crippen molar-refractivity contribution in [2.75, 3.05) is 20.1 Å². The molecule has 17 heavy (non-hydrogen) atoms. The van der Waals surface area contributed by atoms with Gasteiger partial charge in [-0.25, -0.2) is 0 Å². The molecule has 0 saturated carbocycles. The van der Waals surface area contributed by atoms with Gasteiger partial charge in [0, 0.05) is 25.7 Å². The maximum Gasteiger partial charge on any atom is 0.0816 e. The van der Waals surface area contributed by atoms with Crippen molar-refractivity contribution in [3.63, 3.8) is 0 Å². The number of nitrogens with one attached hydrogen (secondary N) is 1. The van der Waals surface area contributed by atoms with E-state index in [4.69, 9.17) is 0 Å². The molecule has 2 N–H and O–H groups in total. The number of benzene rings is 1. The minimum Gasteiger partial charge on any atom is -0.390 e. The highest BCUT2D eigenvalue weighted by molar-refractivity contribution is 5.29. The average molecular weight is 234 g/mol. The van der Waals surface area contributed by atoms with E-state index in [9.17, 15) is 5.11 Å². The van der Waals surface area contributed by atoms with Crippen LogP contribution in [0.15, 0.2) is 24.3 Å². The zero-order valence-electron chi connectivity index (χ0n) is 10.7. The Morgan fingerprint density at radius 1 is 1.35 bits per heavy atom. The van der Waals surface area contributed by atoms with Crippen molar-refractivity contribution in [2.24, 2.45) is 0 Å². The average Bonchev–Trinajstić information content (AvgIpc) is 2.37. The summed E-state index contributed by atoms with van der Waals surface area (Å²) in [6, 6.07) is 8.81. The van der Waals surface area contributed by atoms with E-state index in [0.29, 0.717) is 6.54 Å². The molecule has 0 aliphatic carbocycles. The van der Waals surface area contributed by atoms with E-state index < -0.39 is 0 Å². The van der Waals surface area contributed by atoms with E-state index in [1.807, 2.05) is 7.05 Å². The summed E-state index contributed by atoms with van der Waals surface area (Å²) in [6.45, 7) is 4.76. The molecule has 94 valence electrons. The lowest BCUT2D eigenvalue weighted by Crippen LogP contribution is -2.47. The van der Waals surface area contributed by atoms with Crippen LogP contribution in [0.1, 0.15) is 18.1 Å². The minimum atomic E-state index is -0.301. The Labute approximate surface area is 103 Å². The lowest BCUT2D eigenvalue weighted by molar-refractivity contribution is 0.0521. The summed E-state index contributed by atoms with van der Waals surface area (Å²) in [5.74, 6) is 0. The quantitative estimate of drug-likeness (QED) is 0.816. The Morgan fingerprint density at radius 2 is 2.06 bits per heavy atom. The topological polar surface area (TPSA) is 35.5 Å². The maximum absolute atomic E-state index is 10.0. The molecule has 0 saturated heterocycles. The van der Waals surface area contributed by atoms with Crippen molar-refractivity contribution >= 4 is 0 Å². The number of hydrogen-bond acceptors (Lipinski definition) is 3. The van der Waals surface area contributed by atoms with E-state index >= 15 is 0 Å². The zero-order valence-corrected chi connectivity index (χ0v) is 10.7. The van der Waals surface area contributed by atoms with Gasteiger partial charge in [-0.1, -0.05) is 24.3 Å². The van der Waals surface area contributed by atoms with Gasteiger partial charge in [0.2, 0.25) is 0 Å². The van der Waals surface area contributed by atoms with Crippen LogP contribution in [0, 0.1) is 0 Å². The van der Waals surface area contributed by atoms with Crippen molar-refractivity contribution in [3.05, 3.63) is 35.4 Å². The highest BCUT2D eigenvalue weighted by atomic mass is 16.3. The summed E-state index contributed by atoms with van der Waals surface area (Å²) in [7, 11) is 1.88. The molecule has 1 aromatic rings. The number of nitrogens with zero attached hydrogens (tertiary/aromatic N) is 1. The van der Waals surface area contributed by atoms with E-state index in [1.165, 1.54) is 11.1 Å².